The Morgan fingerprint density at radius 2 is 2.12 bits per heavy atom. The van der Waals surface area contributed by atoms with Crippen LogP contribution < -0.4 is 0 Å². The fraction of sp³-hybridized carbons (Fsp3) is 0.250. The molecule has 0 saturated carbocycles. The van der Waals surface area contributed by atoms with Gasteiger partial charge in [-0.3, -0.25) is 0 Å². The van der Waals surface area contributed by atoms with Gasteiger partial charge in [0.25, 0.3) is 0 Å². The molecule has 4 heteroatoms. The maximum absolute atomic E-state index is 11.3. The summed E-state index contributed by atoms with van der Waals surface area (Å²) in [5, 5.41) is 1.03. The van der Waals surface area contributed by atoms with Gasteiger partial charge < -0.3 is 8.81 Å². The highest BCUT2D eigenvalue weighted by molar-refractivity contribution is 9.06. The van der Waals surface area contributed by atoms with Crippen molar-refractivity contribution in [2.45, 2.75) is 19.8 Å². The second-order valence-corrected chi connectivity index (χ2v) is 4.37. The van der Waals surface area contributed by atoms with Gasteiger partial charge in [0.1, 0.15) is 5.69 Å². The minimum Gasteiger partial charge on any atom is -0.379 e. The maximum atomic E-state index is 11.3. The fourth-order valence-electron chi connectivity index (χ4n) is 1.66. The number of aromatic nitrogens is 1. The molecular weight excluding hydrogens is 270 g/mol. The van der Waals surface area contributed by atoms with Crippen molar-refractivity contribution in [3.05, 3.63) is 35.5 Å². The standard InChI is InChI=1S/C12H12BrNO2/c1-7(2)8-3-4-10-9(5-8)6-11(14-10)12(15)16-13/h3-7,14H,1-2H3. The highest BCUT2D eigenvalue weighted by Crippen LogP contribution is 2.22. The molecule has 1 N–H and O–H groups in total. The van der Waals surface area contributed by atoms with Gasteiger partial charge in [0.05, 0.1) is 0 Å². The molecular formula is C12H12BrNO2. The number of rotatable bonds is 2. The second kappa shape index (κ2) is 4.29. The molecule has 0 fully saturated rings. The smallest absolute Gasteiger partial charge is 0.366 e. The number of fused-ring (bicyclic) bond motifs is 1. The Bertz CT molecular complexity index is 531. The monoisotopic (exact) mass is 281 g/mol. The van der Waals surface area contributed by atoms with Crippen molar-refractivity contribution in [3.8, 4) is 0 Å². The largest absolute Gasteiger partial charge is 0.379 e. The molecule has 3 nitrogen and oxygen atoms in total. The minimum absolute atomic E-state index is 0.415. The quantitative estimate of drug-likeness (QED) is 0.911. The topological polar surface area (TPSA) is 42.1 Å². The van der Waals surface area contributed by atoms with E-state index in [0.717, 1.165) is 10.9 Å². The molecule has 0 aliphatic carbocycles. The Morgan fingerprint density at radius 1 is 1.38 bits per heavy atom. The van der Waals surface area contributed by atoms with E-state index in [0.29, 0.717) is 11.6 Å². The summed E-state index contributed by atoms with van der Waals surface area (Å²) in [7, 11) is 0. The molecule has 0 unspecified atom stereocenters. The first-order valence-corrected chi connectivity index (χ1v) is 5.72. The van der Waals surface area contributed by atoms with E-state index >= 15 is 0 Å². The Hall–Kier alpha value is -1.29. The number of H-pyrrole nitrogens is 1. The van der Waals surface area contributed by atoms with Gasteiger partial charge in [0.15, 0.2) is 16.3 Å². The van der Waals surface area contributed by atoms with E-state index in [2.05, 4.69) is 51.1 Å². The molecule has 0 amide bonds. The van der Waals surface area contributed by atoms with E-state index in [9.17, 15) is 4.79 Å². The molecule has 0 saturated heterocycles. The molecule has 84 valence electrons. The van der Waals surface area contributed by atoms with E-state index in [1.165, 1.54) is 5.56 Å². The van der Waals surface area contributed by atoms with E-state index in [4.69, 9.17) is 0 Å². The Labute approximate surface area is 102 Å². The minimum atomic E-state index is -0.415. The normalized spacial score (nSPS) is 11.0. The van der Waals surface area contributed by atoms with Crippen LogP contribution >= 0.6 is 16.3 Å². The van der Waals surface area contributed by atoms with Crippen LogP contribution in [0.2, 0.25) is 0 Å². The van der Waals surface area contributed by atoms with E-state index < -0.39 is 5.97 Å². The first kappa shape index (κ1) is 11.2. The average Bonchev–Trinajstić information content (AvgIpc) is 2.70. The Balaban J connectivity index is 2.50. The molecule has 0 bridgehead atoms. The SMILES string of the molecule is CC(C)c1ccc2[nH]c(C(=O)OBr)cc2c1. The molecule has 1 aromatic carbocycles. The number of carbonyl (C=O) groups excluding carboxylic acids is 1. The zero-order valence-corrected chi connectivity index (χ0v) is 10.7. The summed E-state index contributed by atoms with van der Waals surface area (Å²) in [4.78, 5) is 14.3. The molecule has 0 atom stereocenters. The van der Waals surface area contributed by atoms with Gasteiger partial charge in [-0.15, -0.1) is 0 Å². The lowest BCUT2D eigenvalue weighted by Crippen LogP contribution is -1.96. The zero-order valence-electron chi connectivity index (χ0n) is 9.08. The second-order valence-electron chi connectivity index (χ2n) is 4.05. The van der Waals surface area contributed by atoms with Crippen LogP contribution in [0.4, 0.5) is 0 Å². The summed E-state index contributed by atoms with van der Waals surface area (Å²) in [5.41, 5.74) is 2.65. The van der Waals surface area contributed by atoms with Crippen LogP contribution in [0.1, 0.15) is 35.8 Å². The first-order chi connectivity index (χ1) is 7.61. The van der Waals surface area contributed by atoms with Gasteiger partial charge in [0, 0.05) is 10.9 Å². The first-order valence-electron chi connectivity index (χ1n) is 5.07. The lowest BCUT2D eigenvalue weighted by atomic mass is 10.0. The third kappa shape index (κ3) is 1.97. The van der Waals surface area contributed by atoms with Gasteiger partial charge in [-0.2, -0.15) is 0 Å². The number of aromatic amines is 1. The van der Waals surface area contributed by atoms with Crippen LogP contribution in [0.25, 0.3) is 10.9 Å². The van der Waals surface area contributed by atoms with Gasteiger partial charge in [-0.05, 0) is 29.7 Å². The fourth-order valence-corrected chi connectivity index (χ4v) is 1.84. The number of nitrogens with one attached hydrogen (secondary N) is 1. The van der Waals surface area contributed by atoms with Crippen molar-refractivity contribution >= 4 is 33.1 Å². The predicted molar refractivity (Wildman–Crippen MR) is 66.7 cm³/mol. The van der Waals surface area contributed by atoms with Crippen LogP contribution in [0, 0.1) is 0 Å². The van der Waals surface area contributed by atoms with Crippen LogP contribution in [-0.4, -0.2) is 11.0 Å². The van der Waals surface area contributed by atoms with Gasteiger partial charge in [0.2, 0.25) is 0 Å². The van der Waals surface area contributed by atoms with Gasteiger partial charge >= 0.3 is 5.97 Å². The van der Waals surface area contributed by atoms with Crippen molar-refractivity contribution in [2.75, 3.05) is 0 Å². The summed E-state index contributed by atoms with van der Waals surface area (Å²) < 4.78 is 4.49. The maximum Gasteiger partial charge on any atom is 0.366 e. The molecule has 2 aromatic rings. The van der Waals surface area contributed by atoms with Gasteiger partial charge in [-0.1, -0.05) is 19.9 Å². The average molecular weight is 282 g/mol. The van der Waals surface area contributed by atoms with E-state index in [1.54, 1.807) is 6.07 Å². The van der Waals surface area contributed by atoms with Crippen molar-refractivity contribution in [1.29, 1.82) is 0 Å². The summed E-state index contributed by atoms with van der Waals surface area (Å²) in [6, 6.07) is 7.93. The van der Waals surface area contributed by atoms with Crippen LogP contribution in [-0.2, 0) is 3.83 Å². The van der Waals surface area contributed by atoms with Crippen molar-refractivity contribution in [2.24, 2.45) is 0 Å². The third-order valence-corrected chi connectivity index (χ3v) is 2.90. The number of halogens is 1. The van der Waals surface area contributed by atoms with Crippen molar-refractivity contribution in [3.63, 3.8) is 0 Å². The van der Waals surface area contributed by atoms with Crippen molar-refractivity contribution in [1.82, 2.24) is 4.98 Å². The molecule has 16 heavy (non-hydrogen) atoms. The molecule has 1 aromatic heterocycles. The van der Waals surface area contributed by atoms with Crippen molar-refractivity contribution < 1.29 is 8.62 Å². The Morgan fingerprint density at radius 3 is 2.75 bits per heavy atom. The highest BCUT2D eigenvalue weighted by atomic mass is 79.9. The van der Waals surface area contributed by atoms with Crippen LogP contribution in [0.5, 0.6) is 0 Å². The number of benzene rings is 1. The number of hydrogen-bond donors (Lipinski definition) is 1. The summed E-state index contributed by atoms with van der Waals surface area (Å²) >= 11 is 2.68. The highest BCUT2D eigenvalue weighted by Gasteiger charge is 2.10. The molecule has 2 rings (SSSR count). The lowest BCUT2D eigenvalue weighted by molar-refractivity contribution is 0.0777. The zero-order chi connectivity index (χ0) is 11.7. The molecule has 1 heterocycles. The molecule has 0 spiro atoms. The predicted octanol–water partition coefficient (Wildman–Crippen LogP) is 3.76. The molecule has 0 aliphatic rings. The third-order valence-electron chi connectivity index (χ3n) is 2.60. The van der Waals surface area contributed by atoms with E-state index in [-0.39, 0.29) is 0 Å². The number of carbonyl (C=O) groups is 1. The summed E-state index contributed by atoms with van der Waals surface area (Å²) in [6.45, 7) is 4.28. The van der Waals surface area contributed by atoms with Crippen LogP contribution in [0.15, 0.2) is 24.3 Å². The number of hydrogen-bond acceptors (Lipinski definition) is 2. The summed E-state index contributed by atoms with van der Waals surface area (Å²) in [5.74, 6) is 0.0631. The van der Waals surface area contributed by atoms with Crippen LogP contribution in [0.3, 0.4) is 0 Å². The Kier molecular flexibility index (Phi) is 3.01. The lowest BCUT2D eigenvalue weighted by Gasteiger charge is -2.03. The molecule has 0 aliphatic heterocycles. The molecule has 0 radical (unpaired) electrons. The van der Waals surface area contributed by atoms with Gasteiger partial charge in [-0.25, -0.2) is 4.79 Å². The summed E-state index contributed by atoms with van der Waals surface area (Å²) in [6.07, 6.45) is 0. The van der Waals surface area contributed by atoms with E-state index in [1.807, 2.05) is 6.07 Å².